The Hall–Kier alpha value is -2.08. The van der Waals surface area contributed by atoms with Gasteiger partial charge in [-0.3, -0.25) is 0 Å². The van der Waals surface area contributed by atoms with Crippen molar-refractivity contribution in [3.8, 4) is 6.07 Å². The summed E-state index contributed by atoms with van der Waals surface area (Å²) >= 11 is 0. The van der Waals surface area contributed by atoms with Gasteiger partial charge in [-0.25, -0.2) is 4.79 Å². The molecular formula is C27H41NO2. The smallest absolute Gasteiger partial charge is 0.348 e. The molecule has 0 fully saturated rings. The summed E-state index contributed by atoms with van der Waals surface area (Å²) in [5, 5.41) is 9.22. The second-order valence-electron chi connectivity index (χ2n) is 8.31. The number of rotatable bonds is 17. The molecule has 0 aliphatic carbocycles. The third-order valence-electron chi connectivity index (χ3n) is 5.46. The summed E-state index contributed by atoms with van der Waals surface area (Å²) in [5.41, 5.74) is 2.04. The van der Waals surface area contributed by atoms with Crippen LogP contribution in [0.5, 0.6) is 0 Å². The van der Waals surface area contributed by atoms with Crippen LogP contribution in [-0.2, 0) is 9.53 Å². The van der Waals surface area contributed by atoms with Crippen LogP contribution in [0.1, 0.15) is 108 Å². The third-order valence-corrected chi connectivity index (χ3v) is 5.46. The van der Waals surface area contributed by atoms with Crippen LogP contribution in [0.3, 0.4) is 0 Å². The van der Waals surface area contributed by atoms with E-state index in [9.17, 15) is 10.1 Å². The molecule has 3 nitrogen and oxygen atoms in total. The van der Waals surface area contributed by atoms with Crippen LogP contribution in [0, 0.1) is 18.3 Å². The third kappa shape index (κ3) is 13.2. The zero-order valence-electron chi connectivity index (χ0n) is 19.3. The van der Waals surface area contributed by atoms with Crippen molar-refractivity contribution in [3.05, 3.63) is 41.0 Å². The molecule has 0 amide bonds. The van der Waals surface area contributed by atoms with Gasteiger partial charge in [-0.1, -0.05) is 120 Å². The molecule has 1 aromatic rings. The van der Waals surface area contributed by atoms with E-state index in [0.29, 0.717) is 6.61 Å². The standard InChI is InChI=1S/C27H41NO2/c1-3-4-5-6-7-8-9-10-11-12-13-14-15-16-21-30-27(29)26(23-28)22-25-19-17-24(2)18-20-25/h17-20,22H,3-16,21H2,1-2H3. The average Bonchev–Trinajstić information content (AvgIpc) is 2.75. The summed E-state index contributed by atoms with van der Waals surface area (Å²) in [6.07, 6.45) is 19.8. The molecule has 0 N–H and O–H groups in total. The van der Waals surface area contributed by atoms with Crippen molar-refractivity contribution in [3.63, 3.8) is 0 Å². The van der Waals surface area contributed by atoms with Gasteiger partial charge in [0.15, 0.2) is 0 Å². The largest absolute Gasteiger partial charge is 0.462 e. The number of ether oxygens (including phenoxy) is 1. The van der Waals surface area contributed by atoms with E-state index >= 15 is 0 Å². The van der Waals surface area contributed by atoms with Crippen molar-refractivity contribution in [2.24, 2.45) is 0 Å². The van der Waals surface area contributed by atoms with Crippen LogP contribution in [0.4, 0.5) is 0 Å². The summed E-state index contributed by atoms with van der Waals surface area (Å²) < 4.78 is 5.27. The molecule has 0 atom stereocenters. The molecule has 0 unspecified atom stereocenters. The lowest BCUT2D eigenvalue weighted by Gasteiger charge is -2.05. The first-order valence-electron chi connectivity index (χ1n) is 12.0. The van der Waals surface area contributed by atoms with Crippen molar-refractivity contribution in [1.29, 1.82) is 5.26 Å². The van der Waals surface area contributed by atoms with Crippen LogP contribution in [0.15, 0.2) is 29.8 Å². The van der Waals surface area contributed by atoms with Crippen molar-refractivity contribution in [1.82, 2.24) is 0 Å². The molecule has 0 saturated heterocycles. The molecule has 0 radical (unpaired) electrons. The SMILES string of the molecule is CCCCCCCCCCCCCCCCOC(=O)C(C#N)=Cc1ccc(C)cc1. The first kappa shape index (κ1) is 26.0. The van der Waals surface area contributed by atoms with Gasteiger partial charge < -0.3 is 4.74 Å². The van der Waals surface area contributed by atoms with Gasteiger partial charge in [-0.15, -0.1) is 0 Å². The molecule has 3 heteroatoms. The molecule has 0 aromatic heterocycles. The lowest BCUT2D eigenvalue weighted by Crippen LogP contribution is -2.08. The van der Waals surface area contributed by atoms with Crippen LogP contribution in [0.25, 0.3) is 6.08 Å². The summed E-state index contributed by atoms with van der Waals surface area (Å²) in [5.74, 6) is -0.521. The maximum atomic E-state index is 12.1. The highest BCUT2D eigenvalue weighted by Crippen LogP contribution is 2.13. The molecule has 30 heavy (non-hydrogen) atoms. The van der Waals surface area contributed by atoms with Gasteiger partial charge in [-0.2, -0.15) is 5.26 Å². The number of unbranched alkanes of at least 4 members (excludes halogenated alkanes) is 13. The number of esters is 1. The monoisotopic (exact) mass is 411 g/mol. The Morgan fingerprint density at radius 1 is 0.833 bits per heavy atom. The minimum Gasteiger partial charge on any atom is -0.462 e. The van der Waals surface area contributed by atoms with Gasteiger partial charge in [0.05, 0.1) is 6.61 Å². The molecule has 0 heterocycles. The first-order valence-corrected chi connectivity index (χ1v) is 12.0. The van der Waals surface area contributed by atoms with Gasteiger partial charge in [0, 0.05) is 0 Å². The Morgan fingerprint density at radius 2 is 1.30 bits per heavy atom. The lowest BCUT2D eigenvalue weighted by molar-refractivity contribution is -0.138. The molecular weight excluding hydrogens is 370 g/mol. The number of nitriles is 1. The van der Waals surface area contributed by atoms with Crippen LogP contribution in [0.2, 0.25) is 0 Å². The van der Waals surface area contributed by atoms with Gasteiger partial charge in [0.2, 0.25) is 0 Å². The quantitative estimate of drug-likeness (QED) is 0.113. The topological polar surface area (TPSA) is 50.1 Å². The molecule has 166 valence electrons. The Kier molecular flexibility index (Phi) is 15.4. The maximum Gasteiger partial charge on any atom is 0.348 e. The summed E-state index contributed by atoms with van der Waals surface area (Å²) in [7, 11) is 0. The fourth-order valence-corrected chi connectivity index (χ4v) is 3.51. The van der Waals surface area contributed by atoms with Crippen molar-refractivity contribution in [2.45, 2.75) is 104 Å². The number of nitrogens with zero attached hydrogens (tertiary/aromatic N) is 1. The predicted molar refractivity (Wildman–Crippen MR) is 126 cm³/mol. The van der Waals surface area contributed by atoms with E-state index in [4.69, 9.17) is 4.74 Å². The molecule has 0 aliphatic rings. The summed E-state index contributed by atoms with van der Waals surface area (Å²) in [6, 6.07) is 9.66. The van der Waals surface area contributed by atoms with Gasteiger partial charge >= 0.3 is 5.97 Å². The minimum absolute atomic E-state index is 0.0595. The van der Waals surface area contributed by atoms with Gasteiger partial charge in [0.25, 0.3) is 0 Å². The van der Waals surface area contributed by atoms with Gasteiger partial charge in [0.1, 0.15) is 11.6 Å². The van der Waals surface area contributed by atoms with Crippen molar-refractivity contribution >= 4 is 12.0 Å². The fraction of sp³-hybridized carbons (Fsp3) is 0.630. The molecule has 1 aromatic carbocycles. The number of carbonyl (C=O) groups excluding carboxylic acids is 1. The zero-order chi connectivity index (χ0) is 21.9. The fourth-order valence-electron chi connectivity index (χ4n) is 3.51. The van der Waals surface area contributed by atoms with E-state index in [1.807, 2.05) is 37.3 Å². The number of hydrogen-bond acceptors (Lipinski definition) is 3. The predicted octanol–water partition coefficient (Wildman–Crippen LogP) is 7.93. The summed E-state index contributed by atoms with van der Waals surface area (Å²) in [4.78, 5) is 12.1. The Morgan fingerprint density at radius 3 is 1.77 bits per heavy atom. The van der Waals surface area contributed by atoms with Crippen LogP contribution < -0.4 is 0 Å². The zero-order valence-corrected chi connectivity index (χ0v) is 19.3. The molecule has 0 spiro atoms. The minimum atomic E-state index is -0.521. The van der Waals surface area contributed by atoms with E-state index in [1.165, 1.54) is 77.0 Å². The number of benzene rings is 1. The normalized spacial score (nSPS) is 11.3. The number of aryl methyl sites for hydroxylation is 1. The number of carbonyl (C=O) groups is 1. The molecule has 0 aliphatic heterocycles. The Labute approximate surface area is 184 Å². The van der Waals surface area contributed by atoms with E-state index < -0.39 is 5.97 Å². The number of hydrogen-bond donors (Lipinski definition) is 0. The average molecular weight is 412 g/mol. The lowest BCUT2D eigenvalue weighted by atomic mass is 10.0. The van der Waals surface area contributed by atoms with E-state index in [-0.39, 0.29) is 5.57 Å². The van der Waals surface area contributed by atoms with Crippen molar-refractivity contribution < 1.29 is 9.53 Å². The first-order chi connectivity index (χ1) is 14.7. The second-order valence-corrected chi connectivity index (χ2v) is 8.31. The van der Waals surface area contributed by atoms with Crippen LogP contribution >= 0.6 is 0 Å². The van der Waals surface area contributed by atoms with Crippen molar-refractivity contribution in [2.75, 3.05) is 6.61 Å². The second kappa shape index (κ2) is 17.8. The molecule has 0 bridgehead atoms. The van der Waals surface area contributed by atoms with E-state index in [1.54, 1.807) is 6.08 Å². The van der Waals surface area contributed by atoms with Gasteiger partial charge in [-0.05, 0) is 25.0 Å². The molecule has 0 saturated carbocycles. The van der Waals surface area contributed by atoms with E-state index in [0.717, 1.165) is 24.0 Å². The summed E-state index contributed by atoms with van der Waals surface area (Å²) in [6.45, 7) is 4.66. The Bertz CT molecular complexity index is 640. The molecule has 1 rings (SSSR count). The van der Waals surface area contributed by atoms with E-state index in [2.05, 4.69) is 6.92 Å². The highest BCUT2D eigenvalue weighted by atomic mass is 16.5. The highest BCUT2D eigenvalue weighted by Gasteiger charge is 2.10. The Balaban J connectivity index is 2.00. The maximum absolute atomic E-state index is 12.1. The van der Waals surface area contributed by atoms with Crippen LogP contribution in [-0.4, -0.2) is 12.6 Å². The highest BCUT2D eigenvalue weighted by molar-refractivity contribution is 5.97.